The summed E-state index contributed by atoms with van der Waals surface area (Å²) in [5.41, 5.74) is 2.90. The first kappa shape index (κ1) is 17.9. The monoisotopic (exact) mass is 325 g/mol. The number of rotatable bonds is 2. The Labute approximate surface area is 121 Å². The molecule has 0 aromatic carbocycles. The van der Waals surface area contributed by atoms with Gasteiger partial charge in [0, 0.05) is 12.3 Å². The van der Waals surface area contributed by atoms with Crippen LogP contribution in [0.15, 0.2) is 21.9 Å². The van der Waals surface area contributed by atoms with Crippen molar-refractivity contribution in [1.82, 2.24) is 9.55 Å². The zero-order valence-corrected chi connectivity index (χ0v) is 11.2. The van der Waals surface area contributed by atoms with E-state index in [-0.39, 0.29) is 18.9 Å². The molecular weight excluding hydrogens is 311 g/mol. The number of ether oxygens (including phenoxy) is 1. The largest absolute Gasteiger partial charge is 0.470 e. The summed E-state index contributed by atoms with van der Waals surface area (Å²) in [5, 5.41) is 8.87. The van der Waals surface area contributed by atoms with Crippen LogP contribution in [0.2, 0.25) is 0 Å². The minimum atomic E-state index is -4.86. The summed E-state index contributed by atoms with van der Waals surface area (Å²) >= 11 is 0. The Bertz CT molecular complexity index is 624. The highest BCUT2D eigenvalue weighted by atomic mass is 19.4. The smallest absolute Gasteiger partial charge is 0.394 e. The van der Waals surface area contributed by atoms with Gasteiger partial charge in [-0.15, -0.1) is 0 Å². The number of aliphatic hydroxyl groups is 1. The zero-order chi connectivity index (χ0) is 16.9. The lowest BCUT2D eigenvalue weighted by molar-refractivity contribution is -0.169. The normalized spacial score (nSPS) is 21.1. The van der Waals surface area contributed by atoms with Crippen molar-refractivity contribution in [2.45, 2.75) is 31.3 Å². The van der Waals surface area contributed by atoms with Crippen LogP contribution in [0.3, 0.4) is 0 Å². The number of halogens is 3. The molecule has 0 spiro atoms. The van der Waals surface area contributed by atoms with Gasteiger partial charge >= 0.3 is 17.8 Å². The topological polar surface area (TPSA) is 127 Å². The maximum Gasteiger partial charge on any atom is 0.470 e. The van der Waals surface area contributed by atoms with Gasteiger partial charge in [-0.3, -0.25) is 19.1 Å². The molecule has 124 valence electrons. The first-order chi connectivity index (χ1) is 10.1. The van der Waals surface area contributed by atoms with Gasteiger partial charge in [0.1, 0.15) is 6.23 Å². The van der Waals surface area contributed by atoms with Crippen molar-refractivity contribution in [1.29, 1.82) is 0 Å². The second kappa shape index (κ2) is 7.22. The standard InChI is InChI=1S/C9H12N2O4.C2H2F3NO/c12-5-6-1-2-8(15-6)11-4-3-7(13)10-9(11)14;3-2(4,5)1(6)7/h3-4,6,8,12H,1-2,5H2,(H,10,13,14);(H2,6,7)/t6-,8+;/m0./s1. The molecular formula is C11H14F3N3O5. The molecule has 11 heteroatoms. The first-order valence-corrected chi connectivity index (χ1v) is 6.09. The molecule has 1 saturated heterocycles. The Hall–Kier alpha value is -2.14. The van der Waals surface area contributed by atoms with E-state index in [9.17, 15) is 22.8 Å². The molecule has 2 heterocycles. The third-order valence-corrected chi connectivity index (χ3v) is 2.73. The summed E-state index contributed by atoms with van der Waals surface area (Å²) in [6.07, 6.45) is -2.67. The van der Waals surface area contributed by atoms with Crippen LogP contribution in [0.4, 0.5) is 13.2 Å². The van der Waals surface area contributed by atoms with Gasteiger partial charge in [0.25, 0.3) is 5.56 Å². The maximum atomic E-state index is 11.4. The van der Waals surface area contributed by atoms with E-state index in [0.717, 1.165) is 0 Å². The number of amides is 1. The number of hydrogen-bond acceptors (Lipinski definition) is 5. The van der Waals surface area contributed by atoms with E-state index in [0.29, 0.717) is 12.8 Å². The minimum absolute atomic E-state index is 0.0470. The van der Waals surface area contributed by atoms with Crippen molar-refractivity contribution >= 4 is 5.91 Å². The highest BCUT2D eigenvalue weighted by Crippen LogP contribution is 2.26. The number of nitrogens with zero attached hydrogens (tertiary/aromatic N) is 1. The fourth-order valence-corrected chi connectivity index (χ4v) is 1.68. The van der Waals surface area contributed by atoms with Crippen LogP contribution < -0.4 is 17.0 Å². The van der Waals surface area contributed by atoms with Crippen LogP contribution in [0.5, 0.6) is 0 Å². The molecule has 1 aromatic rings. The fourth-order valence-electron chi connectivity index (χ4n) is 1.68. The molecule has 1 aliphatic rings. The predicted octanol–water partition coefficient (Wildman–Crippen LogP) is -0.760. The number of hydrogen-bond donors (Lipinski definition) is 3. The summed E-state index contributed by atoms with van der Waals surface area (Å²) in [4.78, 5) is 33.5. The molecule has 2 atom stereocenters. The van der Waals surface area contributed by atoms with E-state index in [2.05, 4.69) is 10.7 Å². The SMILES string of the molecule is NC(=O)C(F)(F)F.O=c1ccn([C@H]2CC[C@@H](CO)O2)c(=O)[nH]1. The molecule has 0 aliphatic carbocycles. The van der Waals surface area contributed by atoms with Crippen molar-refractivity contribution in [2.24, 2.45) is 5.73 Å². The lowest BCUT2D eigenvalue weighted by Gasteiger charge is -2.13. The summed E-state index contributed by atoms with van der Waals surface area (Å²) in [7, 11) is 0. The van der Waals surface area contributed by atoms with Gasteiger partial charge in [0.15, 0.2) is 0 Å². The minimum Gasteiger partial charge on any atom is -0.394 e. The van der Waals surface area contributed by atoms with Crippen LogP contribution in [0.25, 0.3) is 0 Å². The van der Waals surface area contributed by atoms with Crippen molar-refractivity contribution in [3.05, 3.63) is 33.1 Å². The summed E-state index contributed by atoms with van der Waals surface area (Å²) < 4.78 is 38.8. The number of aromatic nitrogens is 2. The van der Waals surface area contributed by atoms with Crippen molar-refractivity contribution in [3.63, 3.8) is 0 Å². The molecule has 0 bridgehead atoms. The van der Waals surface area contributed by atoms with Crippen LogP contribution in [-0.2, 0) is 9.53 Å². The number of H-pyrrole nitrogens is 1. The second-order valence-electron chi connectivity index (χ2n) is 4.35. The number of nitrogens with one attached hydrogen (secondary N) is 1. The number of primary amides is 1. The fraction of sp³-hybridized carbons (Fsp3) is 0.545. The van der Waals surface area contributed by atoms with Gasteiger partial charge in [-0.1, -0.05) is 0 Å². The molecule has 1 amide bonds. The zero-order valence-electron chi connectivity index (χ0n) is 11.2. The Kier molecular flexibility index (Phi) is 5.88. The van der Waals surface area contributed by atoms with Crippen molar-refractivity contribution < 1.29 is 27.8 Å². The molecule has 4 N–H and O–H groups in total. The average molecular weight is 325 g/mol. The van der Waals surface area contributed by atoms with E-state index < -0.39 is 23.3 Å². The molecule has 0 unspecified atom stereocenters. The van der Waals surface area contributed by atoms with E-state index in [4.69, 9.17) is 14.6 Å². The maximum absolute atomic E-state index is 11.4. The summed E-state index contributed by atoms with van der Waals surface area (Å²) in [6.45, 7) is -0.0470. The number of nitrogens with two attached hydrogens (primary N) is 1. The third kappa shape index (κ3) is 5.00. The molecule has 22 heavy (non-hydrogen) atoms. The van der Waals surface area contributed by atoms with Crippen LogP contribution in [-0.4, -0.2) is 39.5 Å². The molecule has 1 aromatic heterocycles. The number of aliphatic hydroxyl groups excluding tert-OH is 1. The van der Waals surface area contributed by atoms with E-state index in [1.807, 2.05) is 0 Å². The first-order valence-electron chi connectivity index (χ1n) is 6.09. The van der Waals surface area contributed by atoms with Crippen LogP contribution >= 0.6 is 0 Å². The molecule has 0 saturated carbocycles. The van der Waals surface area contributed by atoms with Crippen LogP contribution in [0, 0.1) is 0 Å². The number of aromatic amines is 1. The molecule has 1 fully saturated rings. The Morgan fingerprint density at radius 1 is 1.45 bits per heavy atom. The van der Waals surface area contributed by atoms with Gasteiger partial charge in [-0.2, -0.15) is 13.2 Å². The van der Waals surface area contributed by atoms with Crippen molar-refractivity contribution in [3.8, 4) is 0 Å². The molecule has 1 aliphatic heterocycles. The Balaban J connectivity index is 0.000000295. The van der Waals surface area contributed by atoms with E-state index >= 15 is 0 Å². The van der Waals surface area contributed by atoms with Gasteiger partial charge in [0.2, 0.25) is 0 Å². The number of carbonyl (C=O) groups excluding carboxylic acids is 1. The highest BCUT2D eigenvalue weighted by molar-refractivity contribution is 5.79. The third-order valence-electron chi connectivity index (χ3n) is 2.73. The van der Waals surface area contributed by atoms with Gasteiger partial charge in [-0.25, -0.2) is 4.79 Å². The Morgan fingerprint density at radius 2 is 2.05 bits per heavy atom. The lowest BCUT2D eigenvalue weighted by atomic mass is 10.2. The van der Waals surface area contributed by atoms with E-state index in [1.165, 1.54) is 16.8 Å². The quantitative estimate of drug-likeness (QED) is 0.658. The number of carbonyl (C=O) groups is 1. The molecule has 0 radical (unpaired) electrons. The van der Waals surface area contributed by atoms with Gasteiger partial charge < -0.3 is 15.6 Å². The summed E-state index contributed by atoms with van der Waals surface area (Å²) in [5.74, 6) is -2.26. The average Bonchev–Trinajstić information content (AvgIpc) is 2.87. The predicted molar refractivity (Wildman–Crippen MR) is 66.8 cm³/mol. The number of alkyl halides is 3. The van der Waals surface area contributed by atoms with Gasteiger partial charge in [0.05, 0.1) is 12.7 Å². The Morgan fingerprint density at radius 3 is 2.45 bits per heavy atom. The second-order valence-corrected chi connectivity index (χ2v) is 4.35. The highest BCUT2D eigenvalue weighted by Gasteiger charge is 2.35. The molecule has 8 nitrogen and oxygen atoms in total. The molecule has 2 rings (SSSR count). The van der Waals surface area contributed by atoms with Crippen molar-refractivity contribution in [2.75, 3.05) is 6.61 Å². The lowest BCUT2D eigenvalue weighted by Crippen LogP contribution is -2.31. The van der Waals surface area contributed by atoms with Crippen LogP contribution in [0.1, 0.15) is 19.1 Å². The van der Waals surface area contributed by atoms with Gasteiger partial charge in [-0.05, 0) is 12.8 Å². The summed E-state index contributed by atoms with van der Waals surface area (Å²) in [6, 6.07) is 1.27. The van der Waals surface area contributed by atoms with E-state index in [1.54, 1.807) is 0 Å².